The summed E-state index contributed by atoms with van der Waals surface area (Å²) in [4.78, 5) is 0. The Bertz CT molecular complexity index is 582. The third-order valence-electron chi connectivity index (χ3n) is 3.49. The molecule has 0 aliphatic carbocycles. The molecule has 1 aromatic carbocycles. The summed E-state index contributed by atoms with van der Waals surface area (Å²) in [6.45, 7) is 4.25. The minimum absolute atomic E-state index is 0.274. The Kier molecular flexibility index (Phi) is 4.94. The number of halogens is 2. The number of hydrogen-bond acceptors (Lipinski definition) is 2. The fraction of sp³-hybridized carbons (Fsp3) is 0.400. The fourth-order valence-electron chi connectivity index (χ4n) is 2.05. The van der Waals surface area contributed by atoms with E-state index in [0.717, 1.165) is 22.2 Å². The SMILES string of the molecule is CCC(C)n1ccc(CC(N)c2cc(F)ccc2Br)n1. The molecule has 0 spiro atoms. The first-order valence-corrected chi connectivity index (χ1v) is 7.55. The predicted octanol–water partition coefficient (Wildman–Crippen LogP) is 4.00. The van der Waals surface area contributed by atoms with E-state index in [-0.39, 0.29) is 11.9 Å². The van der Waals surface area contributed by atoms with E-state index in [2.05, 4.69) is 34.9 Å². The van der Waals surface area contributed by atoms with E-state index in [4.69, 9.17) is 5.73 Å². The minimum Gasteiger partial charge on any atom is -0.324 e. The summed E-state index contributed by atoms with van der Waals surface area (Å²) in [6.07, 6.45) is 3.59. The van der Waals surface area contributed by atoms with Gasteiger partial charge in [0.2, 0.25) is 0 Å². The summed E-state index contributed by atoms with van der Waals surface area (Å²) in [5.74, 6) is -0.274. The van der Waals surface area contributed by atoms with Crippen molar-refractivity contribution in [2.45, 2.75) is 38.8 Å². The molecule has 0 amide bonds. The molecular formula is C15H19BrFN3. The highest BCUT2D eigenvalue weighted by Gasteiger charge is 2.14. The van der Waals surface area contributed by atoms with Gasteiger partial charge in [0.15, 0.2) is 0 Å². The summed E-state index contributed by atoms with van der Waals surface area (Å²) in [6, 6.07) is 6.64. The van der Waals surface area contributed by atoms with Crippen LogP contribution in [0.5, 0.6) is 0 Å². The quantitative estimate of drug-likeness (QED) is 0.894. The molecule has 0 aliphatic heterocycles. The predicted molar refractivity (Wildman–Crippen MR) is 82.0 cm³/mol. The molecule has 2 unspecified atom stereocenters. The van der Waals surface area contributed by atoms with Gasteiger partial charge in [0.1, 0.15) is 5.82 Å². The standard InChI is InChI=1S/C15H19BrFN3/c1-3-10(2)20-7-6-12(19-20)9-15(18)13-8-11(17)4-5-14(13)16/h4-8,10,15H,3,9,18H2,1-2H3. The molecule has 0 saturated carbocycles. The Morgan fingerprint density at radius 3 is 2.85 bits per heavy atom. The third kappa shape index (κ3) is 3.46. The van der Waals surface area contributed by atoms with Crippen molar-refractivity contribution < 1.29 is 4.39 Å². The molecule has 3 nitrogen and oxygen atoms in total. The Morgan fingerprint density at radius 2 is 2.15 bits per heavy atom. The minimum atomic E-state index is -0.277. The zero-order valence-corrected chi connectivity index (χ0v) is 13.3. The van der Waals surface area contributed by atoms with E-state index in [1.807, 2.05) is 16.9 Å². The van der Waals surface area contributed by atoms with E-state index in [9.17, 15) is 4.39 Å². The molecule has 0 aliphatic rings. The van der Waals surface area contributed by atoms with Crippen molar-refractivity contribution in [1.82, 2.24) is 9.78 Å². The second kappa shape index (κ2) is 6.50. The van der Waals surface area contributed by atoms with Crippen LogP contribution >= 0.6 is 15.9 Å². The Hall–Kier alpha value is -1.20. The number of nitrogens with two attached hydrogens (primary N) is 1. The lowest BCUT2D eigenvalue weighted by atomic mass is 10.0. The van der Waals surface area contributed by atoms with Gasteiger partial charge in [-0.1, -0.05) is 22.9 Å². The number of aromatic nitrogens is 2. The van der Waals surface area contributed by atoms with Gasteiger partial charge in [-0.15, -0.1) is 0 Å². The van der Waals surface area contributed by atoms with E-state index in [1.165, 1.54) is 12.1 Å². The molecule has 20 heavy (non-hydrogen) atoms. The molecule has 0 bridgehead atoms. The first-order valence-electron chi connectivity index (χ1n) is 6.75. The van der Waals surface area contributed by atoms with Gasteiger partial charge in [0.25, 0.3) is 0 Å². The van der Waals surface area contributed by atoms with Crippen LogP contribution in [0.15, 0.2) is 34.9 Å². The number of nitrogens with zero attached hydrogens (tertiary/aromatic N) is 2. The molecule has 0 saturated heterocycles. The largest absolute Gasteiger partial charge is 0.324 e. The van der Waals surface area contributed by atoms with Crippen LogP contribution in [0, 0.1) is 5.82 Å². The normalized spacial score (nSPS) is 14.2. The van der Waals surface area contributed by atoms with Crippen LogP contribution in [0.1, 0.15) is 43.6 Å². The monoisotopic (exact) mass is 339 g/mol. The van der Waals surface area contributed by atoms with Gasteiger partial charge < -0.3 is 5.73 Å². The second-order valence-corrected chi connectivity index (χ2v) is 5.88. The molecule has 5 heteroatoms. The highest BCUT2D eigenvalue weighted by atomic mass is 79.9. The maximum absolute atomic E-state index is 13.3. The Morgan fingerprint density at radius 1 is 1.40 bits per heavy atom. The summed E-state index contributed by atoms with van der Waals surface area (Å²) in [7, 11) is 0. The topological polar surface area (TPSA) is 43.8 Å². The van der Waals surface area contributed by atoms with Gasteiger partial charge in [-0.3, -0.25) is 4.68 Å². The van der Waals surface area contributed by atoms with E-state index in [0.29, 0.717) is 12.5 Å². The molecule has 0 radical (unpaired) electrons. The lowest BCUT2D eigenvalue weighted by Crippen LogP contribution is -2.15. The lowest BCUT2D eigenvalue weighted by molar-refractivity contribution is 0.471. The van der Waals surface area contributed by atoms with Crippen LogP contribution in [-0.2, 0) is 6.42 Å². The van der Waals surface area contributed by atoms with Gasteiger partial charge in [-0.05, 0) is 43.2 Å². The van der Waals surface area contributed by atoms with E-state index in [1.54, 1.807) is 6.07 Å². The van der Waals surface area contributed by atoms with Crippen molar-refractivity contribution in [2.24, 2.45) is 5.73 Å². The van der Waals surface area contributed by atoms with Crippen LogP contribution in [0.4, 0.5) is 4.39 Å². The molecule has 1 aromatic heterocycles. The molecular weight excluding hydrogens is 321 g/mol. The summed E-state index contributed by atoms with van der Waals surface area (Å²) in [5.41, 5.74) is 7.86. The Labute approximate surface area is 127 Å². The molecule has 0 fully saturated rings. The van der Waals surface area contributed by atoms with Gasteiger partial charge in [0, 0.05) is 29.2 Å². The molecule has 2 atom stereocenters. The number of benzene rings is 1. The Balaban J connectivity index is 2.13. The van der Waals surface area contributed by atoms with Gasteiger partial charge in [-0.2, -0.15) is 5.10 Å². The van der Waals surface area contributed by atoms with Gasteiger partial charge in [-0.25, -0.2) is 4.39 Å². The average molecular weight is 340 g/mol. The van der Waals surface area contributed by atoms with Crippen molar-refractivity contribution in [3.63, 3.8) is 0 Å². The second-order valence-electron chi connectivity index (χ2n) is 5.02. The summed E-state index contributed by atoms with van der Waals surface area (Å²) in [5, 5.41) is 4.53. The van der Waals surface area contributed by atoms with Crippen molar-refractivity contribution >= 4 is 15.9 Å². The van der Waals surface area contributed by atoms with Crippen LogP contribution in [-0.4, -0.2) is 9.78 Å². The van der Waals surface area contributed by atoms with Crippen LogP contribution in [0.2, 0.25) is 0 Å². The molecule has 108 valence electrons. The molecule has 2 aromatic rings. The maximum atomic E-state index is 13.3. The molecule has 1 heterocycles. The zero-order valence-electron chi connectivity index (χ0n) is 11.7. The first kappa shape index (κ1) is 15.2. The third-order valence-corrected chi connectivity index (χ3v) is 4.21. The summed E-state index contributed by atoms with van der Waals surface area (Å²) >= 11 is 3.41. The number of hydrogen-bond donors (Lipinski definition) is 1. The van der Waals surface area contributed by atoms with E-state index < -0.39 is 0 Å². The average Bonchev–Trinajstić information content (AvgIpc) is 2.89. The van der Waals surface area contributed by atoms with Crippen molar-refractivity contribution in [3.8, 4) is 0 Å². The van der Waals surface area contributed by atoms with Crippen LogP contribution in [0.25, 0.3) is 0 Å². The zero-order chi connectivity index (χ0) is 14.7. The molecule has 2 N–H and O–H groups in total. The van der Waals surface area contributed by atoms with Crippen LogP contribution in [0.3, 0.4) is 0 Å². The highest BCUT2D eigenvalue weighted by Crippen LogP contribution is 2.25. The van der Waals surface area contributed by atoms with Gasteiger partial charge >= 0.3 is 0 Å². The van der Waals surface area contributed by atoms with Crippen molar-refractivity contribution in [2.75, 3.05) is 0 Å². The fourth-order valence-corrected chi connectivity index (χ4v) is 2.59. The van der Waals surface area contributed by atoms with Crippen LogP contribution < -0.4 is 5.73 Å². The first-order chi connectivity index (χ1) is 9.51. The smallest absolute Gasteiger partial charge is 0.123 e. The van der Waals surface area contributed by atoms with Crippen molar-refractivity contribution in [1.29, 1.82) is 0 Å². The van der Waals surface area contributed by atoms with Crippen molar-refractivity contribution in [3.05, 3.63) is 52.0 Å². The molecule has 2 rings (SSSR count). The summed E-state index contributed by atoms with van der Waals surface area (Å²) < 4.78 is 16.1. The lowest BCUT2D eigenvalue weighted by Gasteiger charge is -2.13. The van der Waals surface area contributed by atoms with E-state index >= 15 is 0 Å². The highest BCUT2D eigenvalue weighted by molar-refractivity contribution is 9.10. The maximum Gasteiger partial charge on any atom is 0.123 e. The van der Waals surface area contributed by atoms with Gasteiger partial charge in [0.05, 0.1) is 5.69 Å². The number of rotatable bonds is 5.